The number of hydrogen-bond donors (Lipinski definition) is 1. The maximum atomic E-state index is 12.1. The number of carbonyl (C=O) groups is 1. The van der Waals surface area contributed by atoms with Crippen molar-refractivity contribution in [2.45, 2.75) is 33.1 Å². The Hall–Kier alpha value is -1.40. The van der Waals surface area contributed by atoms with Crippen LogP contribution in [0.2, 0.25) is 0 Å². The molecule has 2 heterocycles. The number of aromatic nitrogens is 1. The van der Waals surface area contributed by atoms with Crippen LogP contribution in [0.4, 0.5) is 0 Å². The molecule has 0 aliphatic carbocycles. The van der Waals surface area contributed by atoms with Crippen LogP contribution in [-0.2, 0) is 4.74 Å². The van der Waals surface area contributed by atoms with E-state index in [0.717, 1.165) is 39.3 Å². The summed E-state index contributed by atoms with van der Waals surface area (Å²) in [5.41, 5.74) is 0.407. The highest BCUT2D eigenvalue weighted by molar-refractivity contribution is 5.93. The summed E-state index contributed by atoms with van der Waals surface area (Å²) in [6.45, 7) is 11.0. The van der Waals surface area contributed by atoms with E-state index in [1.165, 1.54) is 0 Å². The van der Waals surface area contributed by atoms with Gasteiger partial charge in [0.15, 0.2) is 11.6 Å². The number of aryl methyl sites for hydroxylation is 1. The fourth-order valence-corrected chi connectivity index (χ4v) is 2.29. The van der Waals surface area contributed by atoms with E-state index in [-0.39, 0.29) is 11.8 Å². The molecule has 0 bridgehead atoms. The van der Waals surface area contributed by atoms with Gasteiger partial charge in [-0.15, -0.1) is 0 Å². The third kappa shape index (κ3) is 4.54. The van der Waals surface area contributed by atoms with E-state index in [0.29, 0.717) is 23.9 Å². The van der Waals surface area contributed by atoms with Gasteiger partial charge in [0.25, 0.3) is 5.91 Å². The molecule has 1 aromatic heterocycles. The van der Waals surface area contributed by atoms with Crippen LogP contribution < -0.4 is 5.32 Å². The summed E-state index contributed by atoms with van der Waals surface area (Å²) in [6.07, 6.45) is 0.930. The lowest BCUT2D eigenvalue weighted by molar-refractivity contribution is 0.0374. The first-order chi connectivity index (χ1) is 10.1. The van der Waals surface area contributed by atoms with E-state index in [1.807, 2.05) is 13.8 Å². The number of carbonyl (C=O) groups excluding carboxylic acids is 1. The number of nitrogens with zero attached hydrogens (tertiary/aromatic N) is 2. The number of amides is 1. The van der Waals surface area contributed by atoms with Crippen molar-refractivity contribution >= 4 is 5.91 Å². The minimum atomic E-state index is -0.148. The zero-order valence-electron chi connectivity index (χ0n) is 13.1. The third-order valence-corrected chi connectivity index (χ3v) is 3.56. The molecule has 1 aliphatic heterocycles. The van der Waals surface area contributed by atoms with Crippen molar-refractivity contribution < 1.29 is 13.9 Å². The summed E-state index contributed by atoms with van der Waals surface area (Å²) >= 11 is 0. The van der Waals surface area contributed by atoms with Crippen LogP contribution in [0.15, 0.2) is 4.42 Å². The Morgan fingerprint density at radius 1 is 1.38 bits per heavy atom. The first-order valence-corrected chi connectivity index (χ1v) is 7.63. The number of rotatable bonds is 6. The van der Waals surface area contributed by atoms with Crippen molar-refractivity contribution in [3.8, 4) is 0 Å². The number of oxazole rings is 1. The molecule has 21 heavy (non-hydrogen) atoms. The third-order valence-electron chi connectivity index (χ3n) is 3.56. The monoisotopic (exact) mass is 295 g/mol. The molecule has 0 radical (unpaired) electrons. The van der Waals surface area contributed by atoms with Crippen LogP contribution in [-0.4, -0.2) is 55.2 Å². The topological polar surface area (TPSA) is 67.6 Å². The van der Waals surface area contributed by atoms with Crippen LogP contribution in [0, 0.1) is 6.92 Å². The van der Waals surface area contributed by atoms with Crippen molar-refractivity contribution in [3.05, 3.63) is 17.3 Å². The summed E-state index contributed by atoms with van der Waals surface area (Å²) in [6, 6.07) is 0. The summed E-state index contributed by atoms with van der Waals surface area (Å²) in [4.78, 5) is 18.7. The largest absolute Gasteiger partial charge is 0.445 e. The molecule has 1 N–H and O–H groups in total. The zero-order valence-corrected chi connectivity index (χ0v) is 13.1. The molecule has 1 fully saturated rings. The molecule has 1 aromatic rings. The summed E-state index contributed by atoms with van der Waals surface area (Å²) in [7, 11) is 0. The second-order valence-electron chi connectivity index (χ2n) is 5.68. The molecule has 0 spiro atoms. The summed E-state index contributed by atoms with van der Waals surface area (Å²) < 4.78 is 10.8. The number of ether oxygens (including phenoxy) is 1. The van der Waals surface area contributed by atoms with Gasteiger partial charge in [-0.1, -0.05) is 13.8 Å². The molecule has 0 saturated carbocycles. The molecule has 2 rings (SSSR count). The van der Waals surface area contributed by atoms with Crippen LogP contribution in [0.5, 0.6) is 0 Å². The van der Waals surface area contributed by atoms with Crippen molar-refractivity contribution in [3.63, 3.8) is 0 Å². The van der Waals surface area contributed by atoms with Crippen LogP contribution >= 0.6 is 0 Å². The lowest BCUT2D eigenvalue weighted by Crippen LogP contribution is -2.38. The van der Waals surface area contributed by atoms with Gasteiger partial charge in [0.1, 0.15) is 5.76 Å². The maximum Gasteiger partial charge on any atom is 0.273 e. The predicted octanol–water partition coefficient (Wildman–Crippen LogP) is 1.56. The van der Waals surface area contributed by atoms with Gasteiger partial charge in [-0.2, -0.15) is 0 Å². The highest BCUT2D eigenvalue weighted by Crippen LogP contribution is 2.17. The highest BCUT2D eigenvalue weighted by atomic mass is 16.5. The lowest BCUT2D eigenvalue weighted by Gasteiger charge is -2.26. The first kappa shape index (κ1) is 16.0. The number of hydrogen-bond acceptors (Lipinski definition) is 5. The molecule has 6 nitrogen and oxygen atoms in total. The van der Waals surface area contributed by atoms with Crippen LogP contribution in [0.25, 0.3) is 0 Å². The van der Waals surface area contributed by atoms with Gasteiger partial charge in [0.2, 0.25) is 0 Å². The molecule has 1 aliphatic rings. The Labute approximate surface area is 125 Å². The highest BCUT2D eigenvalue weighted by Gasteiger charge is 2.18. The standard InChI is InChI=1S/C15H25N3O3/c1-11(2)15-17-13(12(3)21-15)14(19)16-5-4-6-18-7-9-20-10-8-18/h11H,4-10H2,1-3H3,(H,16,19). The van der Waals surface area contributed by atoms with Gasteiger partial charge in [0.05, 0.1) is 13.2 Å². The Morgan fingerprint density at radius 3 is 2.71 bits per heavy atom. The van der Waals surface area contributed by atoms with Gasteiger partial charge in [0, 0.05) is 25.6 Å². The van der Waals surface area contributed by atoms with Crippen LogP contribution in [0.3, 0.4) is 0 Å². The Balaban J connectivity index is 1.74. The Kier molecular flexibility index (Phi) is 5.76. The van der Waals surface area contributed by atoms with Gasteiger partial charge in [-0.05, 0) is 19.9 Å². The zero-order chi connectivity index (χ0) is 15.2. The number of nitrogens with one attached hydrogen (secondary N) is 1. The van der Waals surface area contributed by atoms with E-state index in [4.69, 9.17) is 9.15 Å². The second-order valence-corrected chi connectivity index (χ2v) is 5.68. The quantitative estimate of drug-likeness (QED) is 0.807. The fraction of sp³-hybridized carbons (Fsp3) is 0.733. The summed E-state index contributed by atoms with van der Waals surface area (Å²) in [5.74, 6) is 1.24. The molecule has 0 unspecified atom stereocenters. The van der Waals surface area contributed by atoms with Crippen molar-refractivity contribution in [2.75, 3.05) is 39.4 Å². The molecule has 0 aromatic carbocycles. The molecule has 0 atom stereocenters. The predicted molar refractivity (Wildman–Crippen MR) is 79.5 cm³/mol. The SMILES string of the molecule is Cc1oc(C(C)C)nc1C(=O)NCCCN1CCOCC1. The molecule has 118 valence electrons. The minimum Gasteiger partial charge on any atom is -0.445 e. The molecular formula is C15H25N3O3. The van der Waals surface area contributed by atoms with E-state index in [1.54, 1.807) is 6.92 Å². The molecule has 1 saturated heterocycles. The maximum absolute atomic E-state index is 12.1. The van der Waals surface area contributed by atoms with E-state index in [2.05, 4.69) is 15.2 Å². The lowest BCUT2D eigenvalue weighted by atomic mass is 10.2. The normalized spacial score (nSPS) is 16.4. The fourth-order valence-electron chi connectivity index (χ4n) is 2.29. The van der Waals surface area contributed by atoms with Crippen molar-refractivity contribution in [1.82, 2.24) is 15.2 Å². The Bertz CT molecular complexity index is 465. The van der Waals surface area contributed by atoms with Gasteiger partial charge in [-0.3, -0.25) is 9.69 Å². The summed E-state index contributed by atoms with van der Waals surface area (Å²) in [5, 5.41) is 2.91. The van der Waals surface area contributed by atoms with E-state index in [9.17, 15) is 4.79 Å². The smallest absolute Gasteiger partial charge is 0.273 e. The van der Waals surface area contributed by atoms with E-state index < -0.39 is 0 Å². The minimum absolute atomic E-state index is 0.148. The molecule has 1 amide bonds. The Morgan fingerprint density at radius 2 is 2.10 bits per heavy atom. The van der Waals surface area contributed by atoms with Gasteiger partial charge < -0.3 is 14.5 Å². The average Bonchev–Trinajstić information content (AvgIpc) is 2.87. The first-order valence-electron chi connectivity index (χ1n) is 7.63. The number of morpholine rings is 1. The molecular weight excluding hydrogens is 270 g/mol. The average molecular weight is 295 g/mol. The van der Waals surface area contributed by atoms with Gasteiger partial charge in [-0.25, -0.2) is 4.98 Å². The van der Waals surface area contributed by atoms with Gasteiger partial charge >= 0.3 is 0 Å². The van der Waals surface area contributed by atoms with E-state index >= 15 is 0 Å². The second kappa shape index (κ2) is 7.56. The van der Waals surface area contributed by atoms with Crippen molar-refractivity contribution in [1.29, 1.82) is 0 Å². The molecule has 6 heteroatoms. The van der Waals surface area contributed by atoms with Crippen molar-refractivity contribution in [2.24, 2.45) is 0 Å². The van der Waals surface area contributed by atoms with Crippen LogP contribution in [0.1, 0.15) is 48.3 Å².